The highest BCUT2D eigenvalue weighted by Gasteiger charge is 2.20. The van der Waals surface area contributed by atoms with Crippen LogP contribution in [0.4, 0.5) is 0 Å². The Kier molecular flexibility index (Phi) is 3.51. The Morgan fingerprint density at radius 3 is 2.37 bits per heavy atom. The van der Waals surface area contributed by atoms with E-state index in [1.165, 1.54) is 6.20 Å². The van der Waals surface area contributed by atoms with Crippen LogP contribution in [-0.2, 0) is 0 Å². The van der Waals surface area contributed by atoms with Gasteiger partial charge in [0.25, 0.3) is 0 Å². The number of nitrogens with zero attached hydrogens (tertiary/aromatic N) is 2. The van der Waals surface area contributed by atoms with Crippen molar-refractivity contribution in [1.82, 2.24) is 9.97 Å². The minimum Gasteiger partial charge on any atom is -0.296 e. The predicted octanol–water partition coefficient (Wildman–Crippen LogP) is 2.45. The molecule has 19 heavy (non-hydrogen) atoms. The van der Waals surface area contributed by atoms with Crippen molar-refractivity contribution in [3.8, 4) is 0 Å². The third-order valence-corrected chi connectivity index (χ3v) is 3.22. The second kappa shape index (κ2) is 5.10. The molecule has 2 aromatic rings. The van der Waals surface area contributed by atoms with Gasteiger partial charge in [0.2, 0.25) is 5.78 Å². The van der Waals surface area contributed by atoms with Crippen LogP contribution >= 0.6 is 0 Å². The lowest BCUT2D eigenvalue weighted by atomic mass is 9.97. The maximum atomic E-state index is 12.6. The first-order valence-corrected chi connectivity index (χ1v) is 5.94. The number of ketones is 1. The molecular weight excluding hydrogens is 240 g/mol. The minimum atomic E-state index is -0.256. The summed E-state index contributed by atoms with van der Waals surface area (Å²) >= 11 is 0. The van der Waals surface area contributed by atoms with Gasteiger partial charge in [0.05, 0.1) is 5.56 Å². The molecule has 0 bridgehead atoms. The molecule has 0 aliphatic rings. The first-order valence-electron chi connectivity index (χ1n) is 5.94. The fourth-order valence-electron chi connectivity index (χ4n) is 1.94. The summed E-state index contributed by atoms with van der Waals surface area (Å²) in [6, 6.07) is 3.56. The van der Waals surface area contributed by atoms with E-state index >= 15 is 0 Å². The predicted molar refractivity (Wildman–Crippen MR) is 71.5 cm³/mol. The van der Waals surface area contributed by atoms with Gasteiger partial charge in [-0.3, -0.25) is 19.6 Å². The number of pyridine rings is 2. The van der Waals surface area contributed by atoms with Crippen LogP contribution in [0.15, 0.2) is 24.5 Å². The molecule has 0 radical (unpaired) electrons. The number of rotatable bonds is 3. The molecule has 0 unspecified atom stereocenters. The van der Waals surface area contributed by atoms with E-state index in [1.807, 2.05) is 19.9 Å². The molecule has 0 saturated heterocycles. The zero-order valence-corrected chi connectivity index (χ0v) is 11.1. The summed E-state index contributed by atoms with van der Waals surface area (Å²) in [5, 5.41) is 0. The Bertz CT molecular complexity index is 663. The van der Waals surface area contributed by atoms with Gasteiger partial charge >= 0.3 is 0 Å². The Morgan fingerprint density at radius 2 is 1.68 bits per heavy atom. The third kappa shape index (κ3) is 2.29. The molecular formula is C15H14N2O2. The van der Waals surface area contributed by atoms with Gasteiger partial charge in [0, 0.05) is 12.4 Å². The van der Waals surface area contributed by atoms with Crippen LogP contribution < -0.4 is 0 Å². The molecule has 0 aromatic carbocycles. The van der Waals surface area contributed by atoms with Gasteiger partial charge in [-0.15, -0.1) is 0 Å². The van der Waals surface area contributed by atoms with Crippen LogP contribution in [0.1, 0.15) is 43.2 Å². The van der Waals surface area contributed by atoms with Gasteiger partial charge in [-0.25, -0.2) is 0 Å². The molecule has 0 spiro atoms. The molecule has 0 amide bonds. The van der Waals surface area contributed by atoms with Crippen molar-refractivity contribution in [3.05, 3.63) is 58.2 Å². The van der Waals surface area contributed by atoms with Crippen LogP contribution in [0.25, 0.3) is 0 Å². The molecule has 0 aliphatic carbocycles. The fraction of sp³-hybridized carbons (Fsp3) is 0.200. The van der Waals surface area contributed by atoms with E-state index in [2.05, 4.69) is 9.97 Å². The molecule has 0 N–H and O–H groups in total. The van der Waals surface area contributed by atoms with Crippen molar-refractivity contribution >= 4 is 12.1 Å². The van der Waals surface area contributed by atoms with E-state index in [0.717, 1.165) is 16.7 Å². The Morgan fingerprint density at radius 1 is 1.05 bits per heavy atom. The van der Waals surface area contributed by atoms with Gasteiger partial charge in [-0.05, 0) is 49.6 Å². The quantitative estimate of drug-likeness (QED) is 0.623. The molecule has 0 atom stereocenters. The van der Waals surface area contributed by atoms with E-state index in [0.29, 0.717) is 17.5 Å². The average molecular weight is 254 g/mol. The lowest BCUT2D eigenvalue weighted by molar-refractivity contribution is 0.102. The highest BCUT2D eigenvalue weighted by molar-refractivity contribution is 6.12. The molecule has 4 nitrogen and oxygen atoms in total. The van der Waals surface area contributed by atoms with Crippen molar-refractivity contribution in [2.45, 2.75) is 20.8 Å². The summed E-state index contributed by atoms with van der Waals surface area (Å²) in [5.74, 6) is -0.256. The van der Waals surface area contributed by atoms with Gasteiger partial charge in [-0.1, -0.05) is 0 Å². The van der Waals surface area contributed by atoms with Crippen LogP contribution in [0.3, 0.4) is 0 Å². The topological polar surface area (TPSA) is 59.9 Å². The number of carbonyl (C=O) groups is 2. The Labute approximate surface area is 111 Å². The van der Waals surface area contributed by atoms with Crippen molar-refractivity contribution in [3.63, 3.8) is 0 Å². The second-order valence-corrected chi connectivity index (χ2v) is 4.44. The largest absolute Gasteiger partial charge is 0.296 e. The molecule has 2 rings (SSSR count). The van der Waals surface area contributed by atoms with Crippen molar-refractivity contribution in [1.29, 1.82) is 0 Å². The van der Waals surface area contributed by atoms with Gasteiger partial charge in [0.1, 0.15) is 11.4 Å². The van der Waals surface area contributed by atoms with E-state index < -0.39 is 0 Å². The Balaban J connectivity index is 2.63. The number of hydrogen-bond acceptors (Lipinski definition) is 4. The number of aromatic nitrogens is 2. The number of aryl methyl sites for hydroxylation is 2. The van der Waals surface area contributed by atoms with Crippen LogP contribution in [0, 0.1) is 20.8 Å². The van der Waals surface area contributed by atoms with Gasteiger partial charge in [0.15, 0.2) is 6.29 Å². The highest BCUT2D eigenvalue weighted by atomic mass is 16.1. The third-order valence-electron chi connectivity index (χ3n) is 3.22. The number of hydrogen-bond donors (Lipinski definition) is 0. The molecule has 0 fully saturated rings. The monoisotopic (exact) mass is 254 g/mol. The number of aldehydes is 1. The molecule has 2 heterocycles. The standard InChI is InChI=1S/C15H14N2O2/c1-9-4-7-17-14(11(9)3)15(19)13-10(2)5-6-16-12(13)8-18/h4-8H,1-3H3. The Hall–Kier alpha value is -2.36. The zero-order valence-electron chi connectivity index (χ0n) is 11.1. The number of carbonyl (C=O) groups excluding carboxylic acids is 2. The van der Waals surface area contributed by atoms with E-state index in [1.54, 1.807) is 19.2 Å². The maximum absolute atomic E-state index is 12.6. The van der Waals surface area contributed by atoms with Crippen molar-refractivity contribution in [2.75, 3.05) is 0 Å². The SMILES string of the molecule is Cc1ccnc(C(=O)c2c(C)ccnc2C=O)c1C. The summed E-state index contributed by atoms with van der Waals surface area (Å²) in [4.78, 5) is 31.7. The van der Waals surface area contributed by atoms with Gasteiger partial charge < -0.3 is 0 Å². The molecule has 0 saturated carbocycles. The lowest BCUT2D eigenvalue weighted by Crippen LogP contribution is -2.13. The molecule has 4 heteroatoms. The summed E-state index contributed by atoms with van der Waals surface area (Å²) in [7, 11) is 0. The molecule has 96 valence electrons. The van der Waals surface area contributed by atoms with Crippen LogP contribution in [-0.4, -0.2) is 22.0 Å². The summed E-state index contributed by atoms with van der Waals surface area (Å²) in [6.07, 6.45) is 3.72. The summed E-state index contributed by atoms with van der Waals surface area (Å²) < 4.78 is 0. The van der Waals surface area contributed by atoms with Gasteiger partial charge in [-0.2, -0.15) is 0 Å². The fourth-order valence-corrected chi connectivity index (χ4v) is 1.94. The van der Waals surface area contributed by atoms with Crippen LogP contribution in [0.5, 0.6) is 0 Å². The average Bonchev–Trinajstić information content (AvgIpc) is 2.40. The lowest BCUT2D eigenvalue weighted by Gasteiger charge is -2.09. The zero-order chi connectivity index (χ0) is 14.0. The molecule has 0 aliphatic heterocycles. The second-order valence-electron chi connectivity index (χ2n) is 4.44. The highest BCUT2D eigenvalue weighted by Crippen LogP contribution is 2.18. The normalized spacial score (nSPS) is 10.3. The van der Waals surface area contributed by atoms with Crippen LogP contribution in [0.2, 0.25) is 0 Å². The van der Waals surface area contributed by atoms with E-state index in [4.69, 9.17) is 0 Å². The first kappa shape index (κ1) is 13.1. The van der Waals surface area contributed by atoms with Crippen molar-refractivity contribution < 1.29 is 9.59 Å². The van der Waals surface area contributed by atoms with E-state index in [-0.39, 0.29) is 11.5 Å². The van der Waals surface area contributed by atoms with E-state index in [9.17, 15) is 9.59 Å². The summed E-state index contributed by atoms with van der Waals surface area (Å²) in [5.41, 5.74) is 3.41. The smallest absolute Gasteiger partial charge is 0.214 e. The van der Waals surface area contributed by atoms with Crippen molar-refractivity contribution in [2.24, 2.45) is 0 Å². The maximum Gasteiger partial charge on any atom is 0.214 e. The molecule has 2 aromatic heterocycles. The minimum absolute atomic E-state index is 0.160. The summed E-state index contributed by atoms with van der Waals surface area (Å²) in [6.45, 7) is 5.55. The first-order chi connectivity index (χ1) is 9.06.